The zero-order chi connectivity index (χ0) is 11.3. The van der Waals surface area contributed by atoms with E-state index in [0.717, 1.165) is 6.42 Å². The fourth-order valence-electron chi connectivity index (χ4n) is 1.05. The highest BCUT2D eigenvalue weighted by molar-refractivity contribution is 14.1. The molecule has 5 heteroatoms. The van der Waals surface area contributed by atoms with E-state index >= 15 is 0 Å². The largest absolute Gasteiger partial charge is 0.491 e. The van der Waals surface area contributed by atoms with E-state index in [0.29, 0.717) is 28.2 Å². The summed E-state index contributed by atoms with van der Waals surface area (Å²) in [6.45, 7) is 1.09. The van der Waals surface area contributed by atoms with Crippen molar-refractivity contribution in [3.8, 4) is 5.75 Å². The Bertz CT molecular complexity index is 333. The highest BCUT2D eigenvalue weighted by Gasteiger charge is 2.06. The van der Waals surface area contributed by atoms with E-state index in [1.54, 1.807) is 13.2 Å². The van der Waals surface area contributed by atoms with Gasteiger partial charge in [-0.05, 0) is 28.7 Å². The van der Waals surface area contributed by atoms with Gasteiger partial charge in [-0.15, -0.1) is 0 Å². The van der Waals surface area contributed by atoms with Gasteiger partial charge in [0.15, 0.2) is 0 Å². The maximum atomic E-state index is 13.2. The molecule has 84 valence electrons. The van der Waals surface area contributed by atoms with E-state index < -0.39 is 0 Å². The standard InChI is InChI=1S/C10H13FINO2/c1-14-3-2-4-15-10-5-7(11)8(12)6-9(10)13/h5-6H,2-4,13H2,1H3. The number of benzene rings is 1. The van der Waals surface area contributed by atoms with Gasteiger partial charge < -0.3 is 15.2 Å². The highest BCUT2D eigenvalue weighted by atomic mass is 127. The molecule has 1 aromatic carbocycles. The molecular weight excluding hydrogens is 312 g/mol. The molecule has 0 atom stereocenters. The third-order valence-electron chi connectivity index (χ3n) is 1.80. The molecular formula is C10H13FINO2. The minimum Gasteiger partial charge on any atom is -0.491 e. The van der Waals surface area contributed by atoms with Gasteiger partial charge in [-0.2, -0.15) is 0 Å². The van der Waals surface area contributed by atoms with Gasteiger partial charge in [-0.3, -0.25) is 0 Å². The van der Waals surface area contributed by atoms with Crippen molar-refractivity contribution in [2.45, 2.75) is 6.42 Å². The van der Waals surface area contributed by atoms with Crippen molar-refractivity contribution in [2.75, 3.05) is 26.1 Å². The van der Waals surface area contributed by atoms with Gasteiger partial charge in [0.1, 0.15) is 11.6 Å². The molecule has 2 N–H and O–H groups in total. The van der Waals surface area contributed by atoms with Gasteiger partial charge in [0.25, 0.3) is 0 Å². The van der Waals surface area contributed by atoms with Crippen LogP contribution in [0.3, 0.4) is 0 Å². The molecule has 0 saturated heterocycles. The van der Waals surface area contributed by atoms with Gasteiger partial charge in [0.2, 0.25) is 0 Å². The lowest BCUT2D eigenvalue weighted by Gasteiger charge is -2.09. The first-order valence-corrected chi connectivity index (χ1v) is 5.59. The summed E-state index contributed by atoms with van der Waals surface area (Å²) in [6, 6.07) is 2.87. The average molecular weight is 325 g/mol. The van der Waals surface area contributed by atoms with E-state index in [9.17, 15) is 4.39 Å². The van der Waals surface area contributed by atoms with Gasteiger partial charge in [0.05, 0.1) is 15.9 Å². The number of nitrogen functional groups attached to an aromatic ring is 1. The second kappa shape index (κ2) is 6.12. The molecule has 0 radical (unpaired) electrons. The fraction of sp³-hybridized carbons (Fsp3) is 0.400. The van der Waals surface area contributed by atoms with Gasteiger partial charge >= 0.3 is 0 Å². The molecule has 0 aliphatic carbocycles. The van der Waals surface area contributed by atoms with Crippen LogP contribution in [0.25, 0.3) is 0 Å². The van der Waals surface area contributed by atoms with Crippen LogP contribution in [0.15, 0.2) is 12.1 Å². The second-order valence-corrected chi connectivity index (χ2v) is 4.16. The van der Waals surface area contributed by atoms with Crippen LogP contribution in [0.1, 0.15) is 6.42 Å². The Kier molecular flexibility index (Phi) is 5.10. The molecule has 0 bridgehead atoms. The average Bonchev–Trinajstić information content (AvgIpc) is 2.20. The molecule has 0 aliphatic rings. The van der Waals surface area contributed by atoms with Crippen molar-refractivity contribution in [2.24, 2.45) is 0 Å². The Labute approximate surface area is 102 Å². The van der Waals surface area contributed by atoms with E-state index in [-0.39, 0.29) is 5.82 Å². The predicted molar refractivity (Wildman–Crippen MR) is 65.5 cm³/mol. The molecule has 0 fully saturated rings. The molecule has 0 aromatic heterocycles. The van der Waals surface area contributed by atoms with Crippen molar-refractivity contribution in [1.29, 1.82) is 0 Å². The van der Waals surface area contributed by atoms with Crippen LogP contribution in [-0.2, 0) is 4.74 Å². The van der Waals surface area contributed by atoms with Crippen LogP contribution in [0.2, 0.25) is 0 Å². The third kappa shape index (κ3) is 3.83. The Hall–Kier alpha value is -0.560. The summed E-state index contributed by atoms with van der Waals surface area (Å²) in [6.07, 6.45) is 0.754. The first-order valence-electron chi connectivity index (χ1n) is 4.51. The van der Waals surface area contributed by atoms with Crippen LogP contribution in [0.4, 0.5) is 10.1 Å². The van der Waals surface area contributed by atoms with Gasteiger partial charge in [-0.1, -0.05) is 0 Å². The minimum atomic E-state index is -0.313. The fourth-order valence-corrected chi connectivity index (χ4v) is 1.55. The van der Waals surface area contributed by atoms with Crippen molar-refractivity contribution >= 4 is 28.3 Å². The first-order chi connectivity index (χ1) is 7.15. The minimum absolute atomic E-state index is 0.313. The quantitative estimate of drug-likeness (QED) is 0.514. The molecule has 15 heavy (non-hydrogen) atoms. The van der Waals surface area contributed by atoms with Crippen LogP contribution >= 0.6 is 22.6 Å². The SMILES string of the molecule is COCCCOc1cc(F)c(I)cc1N. The molecule has 0 amide bonds. The van der Waals surface area contributed by atoms with E-state index in [1.165, 1.54) is 6.07 Å². The van der Waals surface area contributed by atoms with E-state index in [2.05, 4.69) is 0 Å². The molecule has 1 rings (SSSR count). The summed E-state index contributed by atoms with van der Waals surface area (Å²) in [5, 5.41) is 0. The molecule has 0 saturated carbocycles. The van der Waals surface area contributed by atoms with Crippen LogP contribution < -0.4 is 10.5 Å². The predicted octanol–water partition coefficient (Wildman–Crippen LogP) is 2.43. The number of halogens is 2. The van der Waals surface area contributed by atoms with Crippen LogP contribution in [-0.4, -0.2) is 20.3 Å². The van der Waals surface area contributed by atoms with E-state index in [4.69, 9.17) is 15.2 Å². The summed E-state index contributed by atoms with van der Waals surface area (Å²) in [4.78, 5) is 0. The molecule has 0 spiro atoms. The lowest BCUT2D eigenvalue weighted by molar-refractivity contribution is 0.172. The number of nitrogens with two attached hydrogens (primary N) is 1. The number of rotatable bonds is 5. The van der Waals surface area contributed by atoms with Crippen LogP contribution in [0.5, 0.6) is 5.75 Å². The number of methoxy groups -OCH3 is 1. The number of anilines is 1. The maximum Gasteiger partial charge on any atom is 0.145 e. The van der Waals surface area contributed by atoms with Gasteiger partial charge in [0, 0.05) is 26.2 Å². The topological polar surface area (TPSA) is 44.5 Å². The Morgan fingerprint density at radius 3 is 2.80 bits per heavy atom. The smallest absolute Gasteiger partial charge is 0.145 e. The number of hydrogen-bond donors (Lipinski definition) is 1. The van der Waals surface area contributed by atoms with E-state index in [1.807, 2.05) is 22.6 Å². The lowest BCUT2D eigenvalue weighted by Crippen LogP contribution is -2.04. The number of ether oxygens (including phenoxy) is 2. The summed E-state index contributed by atoms with van der Waals surface area (Å²) in [5.74, 6) is 0.0792. The molecule has 0 aliphatic heterocycles. The second-order valence-electron chi connectivity index (χ2n) is 3.00. The lowest BCUT2D eigenvalue weighted by atomic mass is 10.3. The van der Waals surface area contributed by atoms with Gasteiger partial charge in [-0.25, -0.2) is 4.39 Å². The Morgan fingerprint density at radius 2 is 2.13 bits per heavy atom. The highest BCUT2D eigenvalue weighted by Crippen LogP contribution is 2.26. The zero-order valence-electron chi connectivity index (χ0n) is 8.43. The summed E-state index contributed by atoms with van der Waals surface area (Å²) in [7, 11) is 1.62. The summed E-state index contributed by atoms with van der Waals surface area (Å²) >= 11 is 1.89. The van der Waals surface area contributed by atoms with Crippen molar-refractivity contribution in [3.63, 3.8) is 0 Å². The molecule has 0 heterocycles. The number of hydrogen-bond acceptors (Lipinski definition) is 3. The Morgan fingerprint density at radius 1 is 1.40 bits per heavy atom. The monoisotopic (exact) mass is 325 g/mol. The van der Waals surface area contributed by atoms with Crippen LogP contribution in [0, 0.1) is 9.39 Å². The first kappa shape index (κ1) is 12.5. The normalized spacial score (nSPS) is 10.3. The van der Waals surface area contributed by atoms with Crippen molar-refractivity contribution in [3.05, 3.63) is 21.5 Å². The molecule has 1 aromatic rings. The maximum absolute atomic E-state index is 13.2. The third-order valence-corrected chi connectivity index (χ3v) is 2.63. The van der Waals surface area contributed by atoms with Crippen molar-refractivity contribution < 1.29 is 13.9 Å². The summed E-state index contributed by atoms with van der Waals surface area (Å²) in [5.41, 5.74) is 6.13. The molecule has 0 unspecified atom stereocenters. The van der Waals surface area contributed by atoms with Crippen molar-refractivity contribution in [1.82, 2.24) is 0 Å². The molecule has 3 nitrogen and oxygen atoms in total. The Balaban J connectivity index is 2.57. The zero-order valence-corrected chi connectivity index (χ0v) is 10.6. The summed E-state index contributed by atoms with van der Waals surface area (Å²) < 4.78 is 23.9.